The van der Waals surface area contributed by atoms with Gasteiger partial charge in [-0.15, -0.1) is 11.3 Å². The van der Waals surface area contributed by atoms with Gasteiger partial charge in [-0.1, -0.05) is 0 Å². The van der Waals surface area contributed by atoms with E-state index in [1.165, 1.54) is 20.9 Å². The molecular weight excluding hydrogens is 172 g/mol. The average Bonchev–Trinajstić information content (AvgIpc) is 2.28. The summed E-state index contributed by atoms with van der Waals surface area (Å²) in [5.74, 6) is 5.67. The van der Waals surface area contributed by atoms with Gasteiger partial charge in [0.2, 0.25) is 4.80 Å². The van der Waals surface area contributed by atoms with Crippen LogP contribution >= 0.6 is 11.3 Å². The molecular formula is C7H12N4S. The Labute approximate surface area is 74.3 Å². The van der Waals surface area contributed by atoms with Gasteiger partial charge >= 0.3 is 0 Å². The number of nitrogens with one attached hydrogen (secondary N) is 1. The fourth-order valence-electron chi connectivity index (χ4n) is 1.56. The average molecular weight is 184 g/mol. The van der Waals surface area contributed by atoms with Gasteiger partial charge in [-0.2, -0.15) is 0 Å². The second-order valence-corrected chi connectivity index (χ2v) is 4.23. The molecule has 1 atom stereocenters. The van der Waals surface area contributed by atoms with Gasteiger partial charge in [-0.3, -0.25) is 5.41 Å². The van der Waals surface area contributed by atoms with E-state index in [0.717, 1.165) is 25.0 Å². The van der Waals surface area contributed by atoms with Crippen LogP contribution in [0.25, 0.3) is 0 Å². The normalized spacial score (nSPS) is 22.2. The third kappa shape index (κ3) is 1.05. The van der Waals surface area contributed by atoms with Crippen LogP contribution in [0.15, 0.2) is 0 Å². The van der Waals surface area contributed by atoms with Crippen molar-refractivity contribution in [2.75, 3.05) is 5.84 Å². The molecule has 12 heavy (non-hydrogen) atoms. The molecule has 5 N–H and O–H groups in total. The fourth-order valence-corrected chi connectivity index (χ4v) is 2.62. The number of nitrogens with two attached hydrogens (primary N) is 2. The standard InChI is InChI=1S/C7H12N4S/c8-4-1-2-5-6(3-4)12-7(9)11(5)10/h4,9H,1-3,8,10H2. The molecule has 2 rings (SSSR count). The van der Waals surface area contributed by atoms with Crippen molar-refractivity contribution in [3.63, 3.8) is 0 Å². The summed E-state index contributed by atoms with van der Waals surface area (Å²) in [4.78, 5) is 1.62. The zero-order valence-electron chi connectivity index (χ0n) is 6.71. The maximum absolute atomic E-state index is 7.50. The summed E-state index contributed by atoms with van der Waals surface area (Å²) in [5, 5.41) is 7.50. The molecule has 66 valence electrons. The quantitative estimate of drug-likeness (QED) is 0.478. The summed E-state index contributed by atoms with van der Waals surface area (Å²) in [6.45, 7) is 0. The van der Waals surface area contributed by atoms with Crippen molar-refractivity contribution in [1.29, 1.82) is 5.41 Å². The van der Waals surface area contributed by atoms with Crippen LogP contribution in [-0.4, -0.2) is 10.7 Å². The van der Waals surface area contributed by atoms with Crippen molar-refractivity contribution in [2.24, 2.45) is 5.73 Å². The second kappa shape index (κ2) is 2.60. The van der Waals surface area contributed by atoms with Crippen LogP contribution in [0.4, 0.5) is 0 Å². The Hall–Kier alpha value is -0.810. The number of nitrogens with zero attached hydrogens (tertiary/aromatic N) is 1. The monoisotopic (exact) mass is 184 g/mol. The number of hydrogen-bond donors (Lipinski definition) is 3. The molecule has 4 nitrogen and oxygen atoms in total. The van der Waals surface area contributed by atoms with Crippen LogP contribution in [0.3, 0.4) is 0 Å². The van der Waals surface area contributed by atoms with Crippen LogP contribution in [0.5, 0.6) is 0 Å². The molecule has 0 saturated carbocycles. The Morgan fingerprint density at radius 1 is 1.58 bits per heavy atom. The highest BCUT2D eigenvalue weighted by Gasteiger charge is 2.19. The van der Waals surface area contributed by atoms with E-state index in [4.69, 9.17) is 17.0 Å². The van der Waals surface area contributed by atoms with E-state index < -0.39 is 0 Å². The molecule has 1 aromatic heterocycles. The number of aromatic nitrogens is 1. The zero-order valence-corrected chi connectivity index (χ0v) is 7.53. The molecule has 1 aromatic rings. The molecule has 0 amide bonds. The Bertz CT molecular complexity index is 351. The largest absolute Gasteiger partial charge is 0.337 e. The first-order valence-corrected chi connectivity index (χ1v) is 4.79. The third-order valence-corrected chi connectivity index (χ3v) is 3.29. The Balaban J connectivity index is 2.50. The minimum atomic E-state index is 0.260. The van der Waals surface area contributed by atoms with Gasteiger partial charge in [0.25, 0.3) is 0 Å². The fraction of sp³-hybridized carbons (Fsp3) is 0.571. The van der Waals surface area contributed by atoms with Gasteiger partial charge in [0, 0.05) is 10.9 Å². The highest BCUT2D eigenvalue weighted by molar-refractivity contribution is 7.09. The van der Waals surface area contributed by atoms with Gasteiger partial charge in [0.1, 0.15) is 0 Å². The van der Waals surface area contributed by atoms with E-state index in [-0.39, 0.29) is 6.04 Å². The lowest BCUT2D eigenvalue weighted by atomic mass is 9.99. The number of thiazole rings is 1. The minimum Gasteiger partial charge on any atom is -0.337 e. The van der Waals surface area contributed by atoms with Crippen molar-refractivity contribution in [3.8, 4) is 0 Å². The van der Waals surface area contributed by atoms with Gasteiger partial charge in [-0.05, 0) is 19.3 Å². The third-order valence-electron chi connectivity index (χ3n) is 2.25. The van der Waals surface area contributed by atoms with Crippen LogP contribution in [-0.2, 0) is 12.8 Å². The molecule has 0 radical (unpaired) electrons. The summed E-state index contributed by atoms with van der Waals surface area (Å²) in [7, 11) is 0. The molecule has 1 heterocycles. The summed E-state index contributed by atoms with van der Waals surface area (Å²) >= 11 is 1.45. The van der Waals surface area contributed by atoms with E-state index >= 15 is 0 Å². The molecule has 0 aromatic carbocycles. The Kier molecular flexibility index (Phi) is 1.69. The number of hydrogen-bond acceptors (Lipinski definition) is 4. The molecule has 1 unspecified atom stereocenters. The summed E-state index contributed by atoms with van der Waals surface area (Å²) in [6, 6.07) is 0.260. The molecule has 0 saturated heterocycles. The van der Waals surface area contributed by atoms with E-state index in [0.29, 0.717) is 4.80 Å². The maximum atomic E-state index is 7.50. The lowest BCUT2D eigenvalue weighted by Gasteiger charge is -2.17. The topological polar surface area (TPSA) is 80.8 Å². The Morgan fingerprint density at radius 2 is 2.33 bits per heavy atom. The minimum absolute atomic E-state index is 0.260. The Morgan fingerprint density at radius 3 is 3.08 bits per heavy atom. The number of nitrogen functional groups attached to an aromatic ring is 1. The van der Waals surface area contributed by atoms with Crippen LogP contribution < -0.4 is 16.4 Å². The van der Waals surface area contributed by atoms with Crippen LogP contribution in [0.1, 0.15) is 17.0 Å². The van der Waals surface area contributed by atoms with Gasteiger partial charge in [0.05, 0.1) is 5.69 Å². The molecule has 0 bridgehead atoms. The molecule has 1 aliphatic carbocycles. The van der Waals surface area contributed by atoms with E-state index in [2.05, 4.69) is 0 Å². The predicted molar refractivity (Wildman–Crippen MR) is 48.3 cm³/mol. The van der Waals surface area contributed by atoms with Gasteiger partial charge in [-0.25, -0.2) is 4.68 Å². The predicted octanol–water partition coefficient (Wildman–Crippen LogP) is -0.441. The van der Waals surface area contributed by atoms with Gasteiger partial charge < -0.3 is 11.6 Å². The van der Waals surface area contributed by atoms with Crippen molar-refractivity contribution in [2.45, 2.75) is 25.3 Å². The highest BCUT2D eigenvalue weighted by Crippen LogP contribution is 2.21. The first-order chi connectivity index (χ1) is 5.68. The van der Waals surface area contributed by atoms with E-state index in [9.17, 15) is 0 Å². The van der Waals surface area contributed by atoms with Crippen LogP contribution in [0, 0.1) is 5.41 Å². The molecule has 0 spiro atoms. The zero-order chi connectivity index (χ0) is 8.72. The summed E-state index contributed by atoms with van der Waals surface area (Å²) < 4.78 is 1.48. The van der Waals surface area contributed by atoms with Gasteiger partial charge in [0.15, 0.2) is 0 Å². The second-order valence-electron chi connectivity index (χ2n) is 3.15. The first kappa shape index (κ1) is 7.82. The van der Waals surface area contributed by atoms with E-state index in [1.807, 2.05) is 0 Å². The molecule has 5 heteroatoms. The van der Waals surface area contributed by atoms with Crippen molar-refractivity contribution >= 4 is 11.3 Å². The summed E-state index contributed by atoms with van der Waals surface area (Å²) in [5.41, 5.74) is 6.91. The maximum Gasteiger partial charge on any atom is 0.200 e. The van der Waals surface area contributed by atoms with Crippen molar-refractivity contribution < 1.29 is 0 Å². The molecule has 0 aliphatic heterocycles. The molecule has 0 fully saturated rings. The lowest BCUT2D eigenvalue weighted by Crippen LogP contribution is -2.30. The van der Waals surface area contributed by atoms with Crippen molar-refractivity contribution in [3.05, 3.63) is 15.4 Å². The highest BCUT2D eigenvalue weighted by atomic mass is 32.1. The number of fused-ring (bicyclic) bond motifs is 1. The smallest absolute Gasteiger partial charge is 0.200 e. The lowest BCUT2D eigenvalue weighted by molar-refractivity contribution is 0.564. The van der Waals surface area contributed by atoms with Crippen molar-refractivity contribution in [1.82, 2.24) is 4.68 Å². The molecule has 1 aliphatic rings. The first-order valence-electron chi connectivity index (χ1n) is 3.97. The van der Waals surface area contributed by atoms with Crippen LogP contribution in [0.2, 0.25) is 0 Å². The summed E-state index contributed by atoms with van der Waals surface area (Å²) in [6.07, 6.45) is 2.79. The number of rotatable bonds is 0. The SMILES string of the molecule is N=c1sc2c(n1N)CCC(N)C2. The van der Waals surface area contributed by atoms with E-state index in [1.54, 1.807) is 0 Å².